The molecule has 2 aromatic carbocycles. The van der Waals surface area contributed by atoms with E-state index in [1.165, 1.54) is 12.1 Å². The molecule has 1 atom stereocenters. The second-order valence-corrected chi connectivity index (χ2v) is 8.88. The lowest BCUT2D eigenvalue weighted by molar-refractivity contribution is 0.174. The lowest BCUT2D eigenvalue weighted by Crippen LogP contribution is -2.36. The van der Waals surface area contributed by atoms with Crippen LogP contribution in [0.1, 0.15) is 24.4 Å². The van der Waals surface area contributed by atoms with E-state index in [2.05, 4.69) is 9.62 Å². The number of hydrogen-bond donors (Lipinski definition) is 1. The molecule has 0 amide bonds. The number of ether oxygens (including phenoxy) is 2. The average Bonchev–Trinajstić information content (AvgIpc) is 3.33. The fourth-order valence-electron chi connectivity index (χ4n) is 3.54. The van der Waals surface area contributed by atoms with Crippen molar-refractivity contribution in [3.63, 3.8) is 0 Å². The van der Waals surface area contributed by atoms with Crippen molar-refractivity contribution in [2.45, 2.75) is 23.8 Å². The SMILES string of the molecule is O=S(=O)(NCC(c1cccc(Cl)c1)N1CCCC1)c1ccc2c(c1)OCO2. The van der Waals surface area contributed by atoms with Gasteiger partial charge in [-0.05, 0) is 55.8 Å². The van der Waals surface area contributed by atoms with E-state index in [9.17, 15) is 8.42 Å². The van der Waals surface area contributed by atoms with Crippen LogP contribution in [-0.2, 0) is 10.0 Å². The number of benzene rings is 2. The Bertz CT molecular complexity index is 929. The zero-order valence-corrected chi connectivity index (χ0v) is 16.3. The van der Waals surface area contributed by atoms with Crippen LogP contribution in [0.3, 0.4) is 0 Å². The Balaban J connectivity index is 1.54. The number of hydrogen-bond acceptors (Lipinski definition) is 5. The van der Waals surface area contributed by atoms with Gasteiger partial charge in [-0.25, -0.2) is 13.1 Å². The minimum absolute atomic E-state index is 0.0602. The van der Waals surface area contributed by atoms with Crippen LogP contribution in [0.25, 0.3) is 0 Å². The predicted molar refractivity (Wildman–Crippen MR) is 103 cm³/mol. The molecule has 2 heterocycles. The molecule has 1 saturated heterocycles. The van der Waals surface area contributed by atoms with E-state index in [1.54, 1.807) is 6.07 Å². The number of likely N-dealkylation sites (tertiary alicyclic amines) is 1. The molecule has 27 heavy (non-hydrogen) atoms. The predicted octanol–water partition coefficient (Wildman–Crippen LogP) is 3.18. The fourth-order valence-corrected chi connectivity index (χ4v) is 4.79. The molecule has 144 valence electrons. The Hall–Kier alpha value is -1.80. The van der Waals surface area contributed by atoms with Crippen LogP contribution >= 0.6 is 11.6 Å². The number of rotatable bonds is 6. The van der Waals surface area contributed by atoms with E-state index >= 15 is 0 Å². The quantitative estimate of drug-likeness (QED) is 0.795. The second-order valence-electron chi connectivity index (χ2n) is 6.68. The maximum Gasteiger partial charge on any atom is 0.240 e. The van der Waals surface area contributed by atoms with Crippen molar-refractivity contribution >= 4 is 21.6 Å². The van der Waals surface area contributed by atoms with E-state index in [0.717, 1.165) is 31.5 Å². The summed E-state index contributed by atoms with van der Waals surface area (Å²) in [7, 11) is -3.67. The minimum Gasteiger partial charge on any atom is -0.454 e. The Kier molecular flexibility index (Phi) is 5.27. The molecule has 0 aliphatic carbocycles. The third-order valence-corrected chi connectivity index (χ3v) is 6.59. The molecule has 6 nitrogen and oxygen atoms in total. The molecular formula is C19H21ClN2O4S. The standard InChI is InChI=1S/C19H21ClN2O4S/c20-15-5-3-4-14(10-15)17(22-8-1-2-9-22)12-21-27(23,24)16-6-7-18-19(11-16)26-13-25-18/h3-7,10-11,17,21H,1-2,8-9,12-13H2. The van der Waals surface area contributed by atoms with Crippen molar-refractivity contribution in [2.24, 2.45) is 0 Å². The van der Waals surface area contributed by atoms with Crippen LogP contribution in [0.15, 0.2) is 47.4 Å². The van der Waals surface area contributed by atoms with Crippen molar-refractivity contribution in [1.29, 1.82) is 0 Å². The van der Waals surface area contributed by atoms with Gasteiger partial charge in [0.25, 0.3) is 0 Å². The maximum absolute atomic E-state index is 12.8. The summed E-state index contributed by atoms with van der Waals surface area (Å²) in [5.41, 5.74) is 1.01. The van der Waals surface area contributed by atoms with Gasteiger partial charge in [0.15, 0.2) is 11.5 Å². The summed E-state index contributed by atoms with van der Waals surface area (Å²) in [5.74, 6) is 1.01. The van der Waals surface area contributed by atoms with Gasteiger partial charge in [0, 0.05) is 23.7 Å². The summed E-state index contributed by atoms with van der Waals surface area (Å²) in [4.78, 5) is 2.46. The molecular weight excluding hydrogens is 388 g/mol. The number of sulfonamides is 1. The summed E-state index contributed by atoms with van der Waals surface area (Å²) < 4.78 is 38.9. The Labute approximate surface area is 164 Å². The topological polar surface area (TPSA) is 67.9 Å². The number of nitrogens with one attached hydrogen (secondary N) is 1. The number of nitrogens with zero attached hydrogens (tertiary/aromatic N) is 1. The zero-order valence-electron chi connectivity index (χ0n) is 14.7. The summed E-state index contributed by atoms with van der Waals surface area (Å²) in [6.45, 7) is 2.28. The molecule has 0 radical (unpaired) electrons. The summed E-state index contributed by atoms with van der Waals surface area (Å²) in [6.07, 6.45) is 2.23. The van der Waals surface area contributed by atoms with Gasteiger partial charge < -0.3 is 9.47 Å². The zero-order chi connectivity index (χ0) is 18.9. The van der Waals surface area contributed by atoms with Crippen molar-refractivity contribution in [3.05, 3.63) is 53.1 Å². The first-order valence-electron chi connectivity index (χ1n) is 8.92. The molecule has 2 aliphatic heterocycles. The van der Waals surface area contributed by atoms with Gasteiger partial charge in [0.2, 0.25) is 16.8 Å². The van der Waals surface area contributed by atoms with E-state index in [0.29, 0.717) is 16.5 Å². The van der Waals surface area contributed by atoms with Crippen LogP contribution < -0.4 is 14.2 Å². The van der Waals surface area contributed by atoms with E-state index in [4.69, 9.17) is 21.1 Å². The largest absolute Gasteiger partial charge is 0.454 e. The van der Waals surface area contributed by atoms with E-state index in [-0.39, 0.29) is 24.3 Å². The van der Waals surface area contributed by atoms with Gasteiger partial charge >= 0.3 is 0 Å². The van der Waals surface area contributed by atoms with Gasteiger partial charge in [-0.2, -0.15) is 0 Å². The number of halogens is 1. The van der Waals surface area contributed by atoms with Crippen LogP contribution in [0.2, 0.25) is 5.02 Å². The highest BCUT2D eigenvalue weighted by atomic mass is 35.5. The molecule has 1 unspecified atom stereocenters. The summed E-state index contributed by atoms with van der Waals surface area (Å²) in [6, 6.07) is 12.2. The van der Waals surface area contributed by atoms with Crippen LogP contribution in [0, 0.1) is 0 Å². The molecule has 0 bridgehead atoms. The third-order valence-electron chi connectivity index (χ3n) is 4.94. The van der Waals surface area contributed by atoms with E-state index in [1.807, 2.05) is 24.3 Å². The molecule has 0 saturated carbocycles. The Morgan fingerprint density at radius 3 is 2.63 bits per heavy atom. The normalized spacial score (nSPS) is 18.0. The first-order chi connectivity index (χ1) is 13.0. The molecule has 0 aromatic heterocycles. The van der Waals surface area contributed by atoms with Crippen LogP contribution in [-0.4, -0.2) is 39.7 Å². The van der Waals surface area contributed by atoms with Crippen molar-refractivity contribution < 1.29 is 17.9 Å². The molecule has 8 heteroatoms. The van der Waals surface area contributed by atoms with Gasteiger partial charge in [0.1, 0.15) is 0 Å². The third kappa shape index (κ3) is 4.06. The Morgan fingerprint density at radius 2 is 1.85 bits per heavy atom. The lowest BCUT2D eigenvalue weighted by atomic mass is 10.1. The molecule has 1 N–H and O–H groups in total. The second kappa shape index (κ2) is 7.67. The van der Waals surface area contributed by atoms with E-state index < -0.39 is 10.0 Å². The maximum atomic E-state index is 12.8. The molecule has 4 rings (SSSR count). The van der Waals surface area contributed by atoms with Crippen molar-refractivity contribution in [2.75, 3.05) is 26.4 Å². The minimum atomic E-state index is -3.67. The fraction of sp³-hybridized carbons (Fsp3) is 0.368. The molecule has 0 spiro atoms. The summed E-state index contributed by atoms with van der Waals surface area (Å²) >= 11 is 6.15. The van der Waals surface area contributed by atoms with Gasteiger partial charge in [-0.3, -0.25) is 4.90 Å². The van der Waals surface area contributed by atoms with Crippen LogP contribution in [0.4, 0.5) is 0 Å². The lowest BCUT2D eigenvalue weighted by Gasteiger charge is -2.28. The Morgan fingerprint density at radius 1 is 1.07 bits per heavy atom. The molecule has 2 aliphatic rings. The van der Waals surface area contributed by atoms with Crippen LogP contribution in [0.5, 0.6) is 11.5 Å². The average molecular weight is 409 g/mol. The van der Waals surface area contributed by atoms with Gasteiger partial charge in [-0.1, -0.05) is 23.7 Å². The van der Waals surface area contributed by atoms with Crippen molar-refractivity contribution in [3.8, 4) is 11.5 Å². The van der Waals surface area contributed by atoms with Gasteiger partial charge in [-0.15, -0.1) is 0 Å². The van der Waals surface area contributed by atoms with Gasteiger partial charge in [0.05, 0.1) is 4.90 Å². The first kappa shape index (κ1) is 18.6. The highest BCUT2D eigenvalue weighted by Crippen LogP contribution is 2.34. The molecule has 2 aromatic rings. The number of fused-ring (bicyclic) bond motifs is 1. The highest BCUT2D eigenvalue weighted by molar-refractivity contribution is 7.89. The first-order valence-corrected chi connectivity index (χ1v) is 10.8. The van der Waals surface area contributed by atoms with Crippen molar-refractivity contribution in [1.82, 2.24) is 9.62 Å². The monoisotopic (exact) mass is 408 g/mol. The molecule has 1 fully saturated rings. The highest BCUT2D eigenvalue weighted by Gasteiger charge is 2.26. The summed E-state index contributed by atoms with van der Waals surface area (Å²) in [5, 5.41) is 0.648. The smallest absolute Gasteiger partial charge is 0.240 e.